The summed E-state index contributed by atoms with van der Waals surface area (Å²) in [6, 6.07) is 17.8. The first-order valence-corrected chi connectivity index (χ1v) is 9.60. The van der Waals surface area contributed by atoms with Crippen molar-refractivity contribution in [2.24, 2.45) is 0 Å². The molecule has 1 unspecified atom stereocenters. The minimum atomic E-state index is -0.412. The monoisotopic (exact) mass is 374 g/mol. The number of amides is 1. The molecular weight excluding hydrogens is 352 g/mol. The lowest BCUT2D eigenvalue weighted by Gasteiger charge is -2.11. The minimum Gasteiger partial charge on any atom is -0.466 e. The number of anilines is 1. The molecule has 142 valence electrons. The largest absolute Gasteiger partial charge is 0.466 e. The molecule has 0 saturated carbocycles. The topological polar surface area (TPSA) is 68.3 Å². The number of para-hydroxylation sites is 1. The number of hydrogen-bond donors (Lipinski definition) is 1. The summed E-state index contributed by atoms with van der Waals surface area (Å²) in [5.74, 6) is -0.634. The Hall–Kier alpha value is -3.21. The minimum absolute atomic E-state index is 0.0542. The van der Waals surface area contributed by atoms with Crippen LogP contribution >= 0.6 is 0 Å². The molecule has 4 rings (SSSR count). The van der Waals surface area contributed by atoms with Crippen LogP contribution < -0.4 is 5.32 Å². The number of benzene rings is 2. The molecule has 2 heterocycles. The molecule has 1 aliphatic rings. The molecule has 5 heteroatoms. The average molecular weight is 374 g/mol. The maximum Gasteiger partial charge on any atom is 0.305 e. The number of carbonyl (C=O) groups excluding carboxylic acids is 2. The third-order valence-electron chi connectivity index (χ3n) is 5.01. The van der Waals surface area contributed by atoms with E-state index in [1.165, 1.54) is 0 Å². The van der Waals surface area contributed by atoms with E-state index in [0.717, 1.165) is 46.3 Å². The van der Waals surface area contributed by atoms with Crippen LogP contribution in [0.5, 0.6) is 0 Å². The fourth-order valence-electron chi connectivity index (χ4n) is 3.67. The van der Waals surface area contributed by atoms with Crippen molar-refractivity contribution in [3.05, 3.63) is 71.4 Å². The maximum absolute atomic E-state index is 12.6. The number of aryl methyl sites for hydroxylation is 1. The zero-order valence-corrected chi connectivity index (χ0v) is 15.8. The predicted molar refractivity (Wildman–Crippen MR) is 108 cm³/mol. The van der Waals surface area contributed by atoms with Crippen LogP contribution in [0.1, 0.15) is 42.5 Å². The summed E-state index contributed by atoms with van der Waals surface area (Å²) in [5.41, 5.74) is 4.51. The molecule has 0 spiro atoms. The summed E-state index contributed by atoms with van der Waals surface area (Å²) in [5, 5.41) is 4.01. The van der Waals surface area contributed by atoms with Crippen molar-refractivity contribution in [3.63, 3.8) is 0 Å². The lowest BCUT2D eigenvalue weighted by molar-refractivity contribution is -0.143. The van der Waals surface area contributed by atoms with Crippen LogP contribution in [0.4, 0.5) is 5.69 Å². The molecule has 1 N–H and O–H groups in total. The van der Waals surface area contributed by atoms with Crippen LogP contribution in [0.3, 0.4) is 0 Å². The Bertz CT molecular complexity index is 1040. The fourth-order valence-corrected chi connectivity index (χ4v) is 3.67. The van der Waals surface area contributed by atoms with Gasteiger partial charge in [-0.1, -0.05) is 36.4 Å². The molecule has 1 aliphatic heterocycles. The SMILES string of the molecule is CCOC(=O)CCCc1ccc2c(c1)C(c1ccc3ccccc3n1)C(=O)N2. The zero-order chi connectivity index (χ0) is 19.5. The van der Waals surface area contributed by atoms with Crippen molar-refractivity contribution in [2.45, 2.75) is 32.1 Å². The second kappa shape index (κ2) is 7.80. The summed E-state index contributed by atoms with van der Waals surface area (Å²) >= 11 is 0. The maximum atomic E-state index is 12.6. The predicted octanol–water partition coefficient (Wildman–Crippen LogP) is 4.20. The summed E-state index contributed by atoms with van der Waals surface area (Å²) in [4.78, 5) is 28.9. The Labute approximate surface area is 163 Å². The third-order valence-corrected chi connectivity index (χ3v) is 5.01. The molecule has 0 saturated heterocycles. The molecule has 1 atom stereocenters. The van der Waals surface area contributed by atoms with E-state index in [-0.39, 0.29) is 11.9 Å². The van der Waals surface area contributed by atoms with E-state index in [2.05, 4.69) is 11.4 Å². The van der Waals surface area contributed by atoms with Gasteiger partial charge in [0, 0.05) is 17.5 Å². The molecule has 1 aromatic heterocycles. The Morgan fingerprint density at radius 3 is 2.86 bits per heavy atom. The number of nitrogens with one attached hydrogen (secondary N) is 1. The summed E-state index contributed by atoms with van der Waals surface area (Å²) in [6.07, 6.45) is 1.88. The first kappa shape index (κ1) is 18.2. The highest BCUT2D eigenvalue weighted by Gasteiger charge is 2.33. The molecule has 0 bridgehead atoms. The first-order valence-electron chi connectivity index (χ1n) is 9.60. The van der Waals surface area contributed by atoms with E-state index in [9.17, 15) is 9.59 Å². The first-order chi connectivity index (χ1) is 13.7. The van der Waals surface area contributed by atoms with Crippen LogP contribution in [0.2, 0.25) is 0 Å². The molecule has 1 amide bonds. The number of fused-ring (bicyclic) bond motifs is 2. The second-order valence-electron chi connectivity index (χ2n) is 6.93. The number of esters is 1. The molecular formula is C23H22N2O3. The molecule has 28 heavy (non-hydrogen) atoms. The van der Waals surface area contributed by atoms with Crippen molar-refractivity contribution < 1.29 is 14.3 Å². The lowest BCUT2D eigenvalue weighted by atomic mass is 9.93. The second-order valence-corrected chi connectivity index (χ2v) is 6.93. The molecule has 0 aliphatic carbocycles. The van der Waals surface area contributed by atoms with E-state index in [4.69, 9.17) is 9.72 Å². The smallest absolute Gasteiger partial charge is 0.305 e. The van der Waals surface area contributed by atoms with Crippen LogP contribution in [0.15, 0.2) is 54.6 Å². The normalized spacial score (nSPS) is 15.3. The van der Waals surface area contributed by atoms with Crippen LogP contribution in [-0.2, 0) is 20.7 Å². The molecule has 2 aromatic carbocycles. The lowest BCUT2D eigenvalue weighted by Crippen LogP contribution is -2.14. The van der Waals surface area contributed by atoms with Gasteiger partial charge in [0.1, 0.15) is 5.92 Å². The van der Waals surface area contributed by atoms with E-state index in [1.807, 2.05) is 55.5 Å². The van der Waals surface area contributed by atoms with Crippen molar-refractivity contribution in [1.82, 2.24) is 4.98 Å². The Balaban J connectivity index is 1.57. The highest BCUT2D eigenvalue weighted by atomic mass is 16.5. The van der Waals surface area contributed by atoms with Crippen LogP contribution in [-0.4, -0.2) is 23.5 Å². The van der Waals surface area contributed by atoms with Crippen molar-refractivity contribution >= 4 is 28.5 Å². The standard InChI is InChI=1S/C23H22N2O3/c1-2-28-21(26)9-5-6-15-10-12-19-17(14-15)22(23(27)25-19)20-13-11-16-7-3-4-8-18(16)24-20/h3-4,7-8,10-14,22H,2,5-6,9H2,1H3,(H,25,27). The Morgan fingerprint density at radius 2 is 2.00 bits per heavy atom. The average Bonchev–Trinajstić information content (AvgIpc) is 3.03. The van der Waals surface area contributed by atoms with Gasteiger partial charge >= 0.3 is 5.97 Å². The van der Waals surface area contributed by atoms with Crippen molar-refractivity contribution in [3.8, 4) is 0 Å². The van der Waals surface area contributed by atoms with E-state index in [0.29, 0.717) is 13.0 Å². The van der Waals surface area contributed by atoms with Crippen LogP contribution in [0.25, 0.3) is 10.9 Å². The van der Waals surface area contributed by atoms with Gasteiger partial charge in [0.25, 0.3) is 0 Å². The molecule has 0 fully saturated rings. The summed E-state index contributed by atoms with van der Waals surface area (Å²) < 4.78 is 4.98. The van der Waals surface area contributed by atoms with Crippen molar-refractivity contribution in [2.75, 3.05) is 11.9 Å². The fraction of sp³-hybridized carbons (Fsp3) is 0.261. The third kappa shape index (κ3) is 3.60. The quantitative estimate of drug-likeness (QED) is 0.657. The van der Waals surface area contributed by atoms with Gasteiger partial charge in [-0.2, -0.15) is 0 Å². The van der Waals surface area contributed by atoms with Crippen molar-refractivity contribution in [1.29, 1.82) is 0 Å². The number of ether oxygens (including phenoxy) is 1. The Morgan fingerprint density at radius 1 is 1.14 bits per heavy atom. The Kier molecular flexibility index (Phi) is 5.06. The molecule has 5 nitrogen and oxygen atoms in total. The number of rotatable bonds is 6. The van der Waals surface area contributed by atoms with E-state index >= 15 is 0 Å². The molecule has 0 radical (unpaired) electrons. The summed E-state index contributed by atoms with van der Waals surface area (Å²) in [7, 11) is 0. The van der Waals surface area contributed by atoms with E-state index < -0.39 is 5.92 Å². The van der Waals surface area contributed by atoms with Gasteiger partial charge in [-0.3, -0.25) is 14.6 Å². The number of carbonyl (C=O) groups is 2. The van der Waals surface area contributed by atoms with Gasteiger partial charge < -0.3 is 10.1 Å². The van der Waals surface area contributed by atoms with E-state index in [1.54, 1.807) is 0 Å². The molecule has 3 aromatic rings. The highest BCUT2D eigenvalue weighted by molar-refractivity contribution is 6.05. The number of nitrogens with zero attached hydrogens (tertiary/aromatic N) is 1. The van der Waals surface area contributed by atoms with Gasteiger partial charge in [-0.25, -0.2) is 0 Å². The van der Waals surface area contributed by atoms with Gasteiger partial charge in [0.2, 0.25) is 5.91 Å². The van der Waals surface area contributed by atoms with Gasteiger partial charge in [-0.05, 0) is 49.1 Å². The number of aromatic nitrogens is 1. The number of pyridine rings is 1. The van der Waals surface area contributed by atoms with Crippen LogP contribution in [0, 0.1) is 0 Å². The number of hydrogen-bond acceptors (Lipinski definition) is 4. The summed E-state index contributed by atoms with van der Waals surface area (Å²) in [6.45, 7) is 2.22. The van der Waals surface area contributed by atoms with Gasteiger partial charge in [-0.15, -0.1) is 0 Å². The van der Waals surface area contributed by atoms with Gasteiger partial charge in [0.15, 0.2) is 0 Å². The highest BCUT2D eigenvalue weighted by Crippen LogP contribution is 2.37. The zero-order valence-electron chi connectivity index (χ0n) is 15.8. The van der Waals surface area contributed by atoms with Gasteiger partial charge in [0.05, 0.1) is 17.8 Å².